The Hall–Kier alpha value is -3.07. The second-order valence-corrected chi connectivity index (χ2v) is 9.95. The fraction of sp³-hybridized carbons (Fsp3) is 0.296. The van der Waals surface area contributed by atoms with Crippen molar-refractivity contribution in [1.29, 1.82) is 0 Å². The minimum absolute atomic E-state index is 0.153. The van der Waals surface area contributed by atoms with Gasteiger partial charge in [0, 0.05) is 21.8 Å². The van der Waals surface area contributed by atoms with Gasteiger partial charge in [0.25, 0.3) is 0 Å². The topological polar surface area (TPSA) is 53.1 Å². The number of aromatic amines is 1. The molecule has 152 valence electrons. The molecule has 0 fully saturated rings. The van der Waals surface area contributed by atoms with Crippen molar-refractivity contribution < 1.29 is 9.90 Å². The smallest absolute Gasteiger partial charge is 0.335 e. The summed E-state index contributed by atoms with van der Waals surface area (Å²) in [5.74, 6) is -0.900. The second kappa shape index (κ2) is 6.21. The molecule has 0 spiro atoms. The first kappa shape index (κ1) is 18.9. The van der Waals surface area contributed by atoms with E-state index < -0.39 is 5.97 Å². The van der Waals surface area contributed by atoms with Crippen LogP contribution in [0.25, 0.3) is 32.9 Å². The highest BCUT2D eigenvalue weighted by atomic mass is 16.4. The van der Waals surface area contributed by atoms with E-state index >= 15 is 0 Å². The van der Waals surface area contributed by atoms with Gasteiger partial charge in [0.15, 0.2) is 0 Å². The third-order valence-corrected chi connectivity index (χ3v) is 7.04. The molecule has 1 aromatic heterocycles. The van der Waals surface area contributed by atoms with Crippen LogP contribution in [0, 0.1) is 0 Å². The predicted octanol–water partition coefficient (Wildman–Crippen LogP) is 7.04. The number of aromatic nitrogens is 1. The fourth-order valence-corrected chi connectivity index (χ4v) is 5.05. The maximum atomic E-state index is 11.2. The molecule has 0 amide bonds. The molecule has 0 aliphatic heterocycles. The molecule has 0 saturated carbocycles. The molecule has 1 aliphatic rings. The molecular formula is C27H27NO2. The Kier molecular flexibility index (Phi) is 3.92. The monoisotopic (exact) mass is 397 g/mol. The van der Waals surface area contributed by atoms with Crippen molar-refractivity contribution in [2.75, 3.05) is 0 Å². The molecule has 3 heteroatoms. The highest BCUT2D eigenvalue weighted by Gasteiger charge is 2.37. The number of benzene rings is 3. The quantitative estimate of drug-likeness (QED) is 0.381. The number of hydrogen-bond donors (Lipinski definition) is 2. The SMILES string of the molecule is CC1(C)CCC(C)(C)c2cc3c(cc21)[nH]c1cccc(-c2ccc(C(=O)O)cc2)c13. The van der Waals surface area contributed by atoms with Crippen molar-refractivity contribution in [3.05, 3.63) is 71.3 Å². The summed E-state index contributed by atoms with van der Waals surface area (Å²) < 4.78 is 0. The molecule has 2 N–H and O–H groups in total. The molecule has 0 bridgehead atoms. The largest absolute Gasteiger partial charge is 0.478 e. The van der Waals surface area contributed by atoms with Crippen LogP contribution in [0.3, 0.4) is 0 Å². The van der Waals surface area contributed by atoms with Gasteiger partial charge in [-0.15, -0.1) is 0 Å². The summed E-state index contributed by atoms with van der Waals surface area (Å²) in [6.45, 7) is 9.41. The number of nitrogens with one attached hydrogen (secondary N) is 1. The Labute approximate surface area is 176 Å². The van der Waals surface area contributed by atoms with Crippen LogP contribution in [0.1, 0.15) is 62.0 Å². The van der Waals surface area contributed by atoms with Crippen LogP contribution in [-0.4, -0.2) is 16.1 Å². The van der Waals surface area contributed by atoms with Gasteiger partial charge in [0.05, 0.1) is 5.56 Å². The molecule has 4 aromatic rings. The molecule has 0 atom stereocenters. The summed E-state index contributed by atoms with van der Waals surface area (Å²) in [6, 6.07) is 18.2. The second-order valence-electron chi connectivity index (χ2n) is 9.95. The van der Waals surface area contributed by atoms with Gasteiger partial charge >= 0.3 is 5.97 Å². The Morgan fingerprint density at radius 2 is 1.50 bits per heavy atom. The lowest BCUT2D eigenvalue weighted by molar-refractivity contribution is 0.0697. The number of carboxylic acids is 1. The molecular weight excluding hydrogens is 370 g/mol. The molecule has 3 nitrogen and oxygen atoms in total. The molecule has 0 radical (unpaired) electrons. The van der Waals surface area contributed by atoms with Gasteiger partial charge in [-0.25, -0.2) is 4.79 Å². The van der Waals surface area contributed by atoms with E-state index in [0.29, 0.717) is 5.56 Å². The number of aromatic carboxylic acids is 1. The van der Waals surface area contributed by atoms with Crippen molar-refractivity contribution in [1.82, 2.24) is 4.98 Å². The van der Waals surface area contributed by atoms with Crippen LogP contribution in [-0.2, 0) is 10.8 Å². The summed E-state index contributed by atoms with van der Waals surface area (Å²) in [5.41, 5.74) is 7.97. The molecule has 5 rings (SSSR count). The maximum absolute atomic E-state index is 11.2. The van der Waals surface area contributed by atoms with Gasteiger partial charge in [0.2, 0.25) is 0 Å². The standard InChI is InChI=1S/C27H27NO2/c1-26(2)12-13-27(3,4)21-15-23-19(14-20(21)26)24-18(6-5-7-22(24)28-23)16-8-10-17(11-9-16)25(29)30/h5-11,14-15,28H,12-13H2,1-4H3,(H,29,30). The van der Waals surface area contributed by atoms with E-state index in [1.165, 1.54) is 40.3 Å². The van der Waals surface area contributed by atoms with Crippen molar-refractivity contribution >= 4 is 27.8 Å². The van der Waals surface area contributed by atoms with E-state index in [1.807, 2.05) is 12.1 Å². The minimum atomic E-state index is -0.900. The average molecular weight is 398 g/mol. The van der Waals surface area contributed by atoms with E-state index in [4.69, 9.17) is 0 Å². The number of carboxylic acid groups (broad SMARTS) is 1. The van der Waals surface area contributed by atoms with E-state index in [9.17, 15) is 9.90 Å². The first-order valence-electron chi connectivity index (χ1n) is 10.6. The van der Waals surface area contributed by atoms with Gasteiger partial charge in [0.1, 0.15) is 0 Å². The number of H-pyrrole nitrogens is 1. The lowest BCUT2D eigenvalue weighted by Crippen LogP contribution is -2.33. The zero-order valence-corrected chi connectivity index (χ0v) is 18.0. The highest BCUT2D eigenvalue weighted by Crippen LogP contribution is 2.48. The van der Waals surface area contributed by atoms with Gasteiger partial charge in [-0.05, 0) is 76.3 Å². The van der Waals surface area contributed by atoms with Crippen molar-refractivity contribution in [2.24, 2.45) is 0 Å². The average Bonchev–Trinajstić information content (AvgIpc) is 3.08. The van der Waals surface area contributed by atoms with Gasteiger partial charge < -0.3 is 10.1 Å². The number of carbonyl (C=O) groups is 1. The summed E-state index contributed by atoms with van der Waals surface area (Å²) in [7, 11) is 0. The molecule has 3 aromatic carbocycles. The molecule has 0 unspecified atom stereocenters. The minimum Gasteiger partial charge on any atom is -0.478 e. The van der Waals surface area contributed by atoms with Crippen molar-refractivity contribution in [3.63, 3.8) is 0 Å². The third kappa shape index (κ3) is 2.76. The van der Waals surface area contributed by atoms with Crippen LogP contribution >= 0.6 is 0 Å². The van der Waals surface area contributed by atoms with E-state index in [2.05, 4.69) is 63.0 Å². The molecule has 30 heavy (non-hydrogen) atoms. The Bertz CT molecular complexity index is 1310. The lowest BCUT2D eigenvalue weighted by Gasteiger charge is -2.41. The highest BCUT2D eigenvalue weighted by molar-refractivity contribution is 6.14. The Morgan fingerprint density at radius 1 is 0.867 bits per heavy atom. The first-order chi connectivity index (χ1) is 14.2. The Morgan fingerprint density at radius 3 is 2.13 bits per heavy atom. The van der Waals surface area contributed by atoms with Crippen molar-refractivity contribution in [3.8, 4) is 11.1 Å². The van der Waals surface area contributed by atoms with E-state index in [0.717, 1.165) is 16.6 Å². The van der Waals surface area contributed by atoms with Gasteiger partial charge in [-0.2, -0.15) is 0 Å². The fourth-order valence-electron chi connectivity index (χ4n) is 5.05. The lowest BCUT2D eigenvalue weighted by atomic mass is 9.63. The van der Waals surface area contributed by atoms with E-state index in [-0.39, 0.29) is 10.8 Å². The van der Waals surface area contributed by atoms with Crippen LogP contribution in [0.5, 0.6) is 0 Å². The van der Waals surface area contributed by atoms with Gasteiger partial charge in [-0.3, -0.25) is 0 Å². The van der Waals surface area contributed by atoms with Crippen molar-refractivity contribution in [2.45, 2.75) is 51.4 Å². The number of hydrogen-bond acceptors (Lipinski definition) is 1. The normalized spacial score (nSPS) is 17.2. The van der Waals surface area contributed by atoms with E-state index in [1.54, 1.807) is 12.1 Å². The summed E-state index contributed by atoms with van der Waals surface area (Å²) in [6.07, 6.45) is 2.38. The van der Waals surface area contributed by atoms with Crippen LogP contribution in [0.2, 0.25) is 0 Å². The Balaban J connectivity index is 1.80. The summed E-state index contributed by atoms with van der Waals surface area (Å²) >= 11 is 0. The third-order valence-electron chi connectivity index (χ3n) is 7.04. The predicted molar refractivity (Wildman–Crippen MR) is 123 cm³/mol. The van der Waals surface area contributed by atoms with Crippen LogP contribution in [0.15, 0.2) is 54.6 Å². The zero-order valence-electron chi connectivity index (χ0n) is 18.0. The zero-order chi connectivity index (χ0) is 21.3. The molecule has 1 heterocycles. The number of rotatable bonds is 2. The number of fused-ring (bicyclic) bond motifs is 4. The summed E-state index contributed by atoms with van der Waals surface area (Å²) in [4.78, 5) is 14.9. The molecule has 1 aliphatic carbocycles. The van der Waals surface area contributed by atoms with Crippen LogP contribution in [0.4, 0.5) is 0 Å². The maximum Gasteiger partial charge on any atom is 0.335 e. The first-order valence-corrected chi connectivity index (χ1v) is 10.6. The van der Waals surface area contributed by atoms with Gasteiger partial charge in [-0.1, -0.05) is 52.0 Å². The van der Waals surface area contributed by atoms with Crippen LogP contribution < -0.4 is 0 Å². The summed E-state index contributed by atoms with van der Waals surface area (Å²) in [5, 5.41) is 11.7. The molecule has 0 saturated heterocycles.